The van der Waals surface area contributed by atoms with Gasteiger partial charge >= 0.3 is 0 Å². The molecule has 1 rings (SSSR count). The molecule has 0 spiro atoms. The van der Waals surface area contributed by atoms with Crippen molar-refractivity contribution in [2.45, 2.75) is 20.4 Å². The van der Waals surface area contributed by atoms with Gasteiger partial charge in [-0.1, -0.05) is 25.4 Å². The molecular weight excluding hydrogens is 214 g/mol. The predicted molar refractivity (Wildman–Crippen MR) is 61.3 cm³/mol. The van der Waals surface area contributed by atoms with Crippen LogP contribution >= 0.6 is 11.6 Å². The largest absolute Gasteiger partial charge is 0.302 e. The number of hydrogen-bond donors (Lipinski definition) is 0. The quantitative estimate of drug-likeness (QED) is 0.713. The average molecular weight is 230 g/mol. The molecule has 1 heterocycles. The lowest BCUT2D eigenvalue weighted by Crippen LogP contribution is -2.30. The summed E-state index contributed by atoms with van der Waals surface area (Å²) in [6, 6.07) is 1.34. The second-order valence-corrected chi connectivity index (χ2v) is 3.66. The Morgan fingerprint density at radius 2 is 2.13 bits per heavy atom. The minimum atomic E-state index is -0.0952. The van der Waals surface area contributed by atoms with E-state index >= 15 is 0 Å². The number of halogens is 1. The van der Waals surface area contributed by atoms with Gasteiger partial charge in [0, 0.05) is 19.2 Å². The van der Waals surface area contributed by atoms with E-state index in [1.807, 2.05) is 0 Å². The molecule has 0 unspecified atom stereocenters. The number of nitrogens with zero attached hydrogens (tertiary/aromatic N) is 3. The first-order valence-corrected chi connectivity index (χ1v) is 5.49. The minimum absolute atomic E-state index is 0.0952. The maximum absolute atomic E-state index is 11.4. The monoisotopic (exact) mass is 229 g/mol. The Bertz CT molecular complexity index is 360. The summed E-state index contributed by atoms with van der Waals surface area (Å²) in [7, 11) is 0. The molecule has 1 aromatic heterocycles. The molecule has 0 radical (unpaired) electrons. The smallest absolute Gasteiger partial charge is 0.254 e. The molecule has 0 aromatic carbocycles. The van der Waals surface area contributed by atoms with E-state index in [1.54, 1.807) is 4.57 Å². The number of hydrogen-bond acceptors (Lipinski definition) is 3. The van der Waals surface area contributed by atoms with E-state index in [4.69, 9.17) is 11.6 Å². The average Bonchev–Trinajstić information content (AvgIpc) is 2.22. The topological polar surface area (TPSA) is 38.1 Å². The molecule has 84 valence electrons. The Labute approximate surface area is 94.5 Å². The fraction of sp³-hybridized carbons (Fsp3) is 0.600. The minimum Gasteiger partial charge on any atom is -0.302 e. The van der Waals surface area contributed by atoms with Crippen molar-refractivity contribution in [3.8, 4) is 0 Å². The highest BCUT2D eigenvalue weighted by molar-refractivity contribution is 6.29. The predicted octanol–water partition coefficient (Wildman–Crippen LogP) is 1.24. The van der Waals surface area contributed by atoms with Crippen molar-refractivity contribution >= 4 is 11.6 Å². The lowest BCUT2D eigenvalue weighted by molar-refractivity contribution is 0.288. The second kappa shape index (κ2) is 5.88. The Kier molecular flexibility index (Phi) is 4.78. The summed E-state index contributed by atoms with van der Waals surface area (Å²) >= 11 is 5.60. The summed E-state index contributed by atoms with van der Waals surface area (Å²) in [4.78, 5) is 17.6. The molecule has 0 fully saturated rings. The number of aromatic nitrogens is 2. The van der Waals surface area contributed by atoms with Gasteiger partial charge in [-0.25, -0.2) is 4.98 Å². The summed E-state index contributed by atoms with van der Waals surface area (Å²) in [6.45, 7) is 7.71. The Balaban J connectivity index is 2.61. The van der Waals surface area contributed by atoms with Crippen LogP contribution in [0.25, 0.3) is 0 Å². The fourth-order valence-corrected chi connectivity index (χ4v) is 1.50. The lowest BCUT2D eigenvalue weighted by Gasteiger charge is -2.18. The van der Waals surface area contributed by atoms with E-state index in [0.29, 0.717) is 6.54 Å². The fourth-order valence-electron chi connectivity index (χ4n) is 1.36. The zero-order valence-corrected chi connectivity index (χ0v) is 9.87. The molecule has 1 aromatic rings. The van der Waals surface area contributed by atoms with E-state index < -0.39 is 0 Å². The first-order chi connectivity index (χ1) is 7.17. The van der Waals surface area contributed by atoms with Crippen LogP contribution < -0.4 is 5.56 Å². The van der Waals surface area contributed by atoms with E-state index in [0.717, 1.165) is 19.6 Å². The zero-order chi connectivity index (χ0) is 11.3. The van der Waals surface area contributed by atoms with Gasteiger partial charge in [-0.3, -0.25) is 9.36 Å². The van der Waals surface area contributed by atoms with Crippen molar-refractivity contribution in [3.05, 3.63) is 27.9 Å². The maximum atomic E-state index is 11.4. The van der Waals surface area contributed by atoms with Crippen LogP contribution in [-0.2, 0) is 6.54 Å². The highest BCUT2D eigenvalue weighted by atomic mass is 35.5. The number of likely N-dealkylation sites (N-methyl/N-ethyl adjacent to an activating group) is 1. The van der Waals surface area contributed by atoms with Gasteiger partial charge in [0.15, 0.2) is 0 Å². The third kappa shape index (κ3) is 3.64. The summed E-state index contributed by atoms with van der Waals surface area (Å²) in [6.07, 6.45) is 1.49. The molecule has 0 amide bonds. The van der Waals surface area contributed by atoms with E-state index in [2.05, 4.69) is 23.7 Å². The van der Waals surface area contributed by atoms with Crippen molar-refractivity contribution in [2.24, 2.45) is 0 Å². The van der Waals surface area contributed by atoms with Gasteiger partial charge in [-0.15, -0.1) is 0 Å². The van der Waals surface area contributed by atoms with Crippen LogP contribution in [0.1, 0.15) is 13.8 Å². The molecule has 0 aliphatic heterocycles. The summed E-state index contributed by atoms with van der Waals surface area (Å²) in [5.41, 5.74) is -0.0952. The molecule has 0 atom stereocenters. The van der Waals surface area contributed by atoms with Crippen LogP contribution in [0, 0.1) is 0 Å². The van der Waals surface area contributed by atoms with Gasteiger partial charge in [-0.2, -0.15) is 0 Å². The van der Waals surface area contributed by atoms with Gasteiger partial charge in [0.2, 0.25) is 0 Å². The molecule has 0 aliphatic rings. The molecule has 0 bridgehead atoms. The molecule has 0 N–H and O–H groups in total. The molecule has 0 saturated heterocycles. The lowest BCUT2D eigenvalue weighted by atomic mass is 10.4. The van der Waals surface area contributed by atoms with Crippen molar-refractivity contribution < 1.29 is 0 Å². The van der Waals surface area contributed by atoms with Crippen LogP contribution in [0.4, 0.5) is 0 Å². The van der Waals surface area contributed by atoms with Gasteiger partial charge < -0.3 is 4.90 Å². The van der Waals surface area contributed by atoms with Crippen LogP contribution in [0.3, 0.4) is 0 Å². The number of rotatable bonds is 5. The van der Waals surface area contributed by atoms with Gasteiger partial charge in [0.1, 0.15) is 5.15 Å². The molecule has 5 heteroatoms. The van der Waals surface area contributed by atoms with Crippen molar-refractivity contribution in [3.63, 3.8) is 0 Å². The highest BCUT2D eigenvalue weighted by Crippen LogP contribution is 1.96. The molecule has 4 nitrogen and oxygen atoms in total. The summed E-state index contributed by atoms with van der Waals surface area (Å²) < 4.78 is 1.57. The van der Waals surface area contributed by atoms with Crippen molar-refractivity contribution in [1.82, 2.24) is 14.5 Å². The standard InChI is InChI=1S/C10H16ClN3O/c1-3-13(4-2)5-6-14-8-12-9(11)7-10(14)15/h7-8H,3-6H2,1-2H3. The highest BCUT2D eigenvalue weighted by Gasteiger charge is 2.01. The normalized spacial score (nSPS) is 10.9. The molecule has 0 aliphatic carbocycles. The Morgan fingerprint density at radius 3 is 2.67 bits per heavy atom. The van der Waals surface area contributed by atoms with Crippen molar-refractivity contribution in [1.29, 1.82) is 0 Å². The maximum Gasteiger partial charge on any atom is 0.254 e. The summed E-state index contributed by atoms with van der Waals surface area (Å²) in [5.74, 6) is 0. The van der Waals surface area contributed by atoms with Gasteiger partial charge in [0.25, 0.3) is 5.56 Å². The van der Waals surface area contributed by atoms with Crippen LogP contribution in [0.5, 0.6) is 0 Å². The van der Waals surface area contributed by atoms with Crippen molar-refractivity contribution in [2.75, 3.05) is 19.6 Å². The first-order valence-electron chi connectivity index (χ1n) is 5.11. The third-order valence-corrected chi connectivity index (χ3v) is 2.60. The molecule has 0 saturated carbocycles. The second-order valence-electron chi connectivity index (χ2n) is 3.27. The zero-order valence-electron chi connectivity index (χ0n) is 9.11. The Hall–Kier alpha value is -0.870. The Morgan fingerprint density at radius 1 is 1.47 bits per heavy atom. The van der Waals surface area contributed by atoms with E-state index in [1.165, 1.54) is 12.4 Å². The van der Waals surface area contributed by atoms with Crippen LogP contribution in [0.2, 0.25) is 5.15 Å². The van der Waals surface area contributed by atoms with E-state index in [9.17, 15) is 4.79 Å². The van der Waals surface area contributed by atoms with Gasteiger partial charge in [0.05, 0.1) is 6.33 Å². The van der Waals surface area contributed by atoms with Gasteiger partial charge in [-0.05, 0) is 13.1 Å². The first kappa shape index (κ1) is 12.2. The summed E-state index contributed by atoms with van der Waals surface area (Å²) in [5, 5.41) is 0.249. The van der Waals surface area contributed by atoms with Crippen LogP contribution in [-0.4, -0.2) is 34.1 Å². The molecule has 15 heavy (non-hydrogen) atoms. The molecular formula is C10H16ClN3O. The van der Waals surface area contributed by atoms with E-state index in [-0.39, 0.29) is 10.7 Å². The third-order valence-electron chi connectivity index (χ3n) is 2.40. The SMILES string of the molecule is CCN(CC)CCn1cnc(Cl)cc1=O. The van der Waals surface area contributed by atoms with Crippen LogP contribution in [0.15, 0.2) is 17.2 Å².